The molecule has 1 aromatic carbocycles. The lowest BCUT2D eigenvalue weighted by atomic mass is 10.3. The van der Waals surface area contributed by atoms with Crippen LogP contribution < -0.4 is 10.1 Å². The van der Waals surface area contributed by atoms with Crippen molar-refractivity contribution in [3.05, 3.63) is 24.3 Å². The maximum Gasteiger partial charge on any atom is 0.178 e. The average Bonchev–Trinajstić information content (AvgIpc) is 2.37. The minimum atomic E-state index is -3.23. The highest BCUT2D eigenvalue weighted by molar-refractivity contribution is 7.91. The Bertz CT molecular complexity index is 471. The molecular weight excluding hydrogens is 250 g/mol. The topological polar surface area (TPSA) is 55.4 Å². The minimum absolute atomic E-state index is 0.147. The highest BCUT2D eigenvalue weighted by Gasteiger charge is 2.16. The molecular formula is C13H21NO3S. The van der Waals surface area contributed by atoms with E-state index in [-0.39, 0.29) is 11.8 Å². The molecule has 0 aliphatic rings. The molecule has 5 heteroatoms. The van der Waals surface area contributed by atoms with Gasteiger partial charge < -0.3 is 10.1 Å². The Morgan fingerprint density at radius 2 is 2.11 bits per heavy atom. The van der Waals surface area contributed by atoms with Crippen LogP contribution in [0.2, 0.25) is 0 Å². The molecule has 1 unspecified atom stereocenters. The van der Waals surface area contributed by atoms with Crippen molar-refractivity contribution in [1.82, 2.24) is 5.32 Å². The number of rotatable bonds is 7. The van der Waals surface area contributed by atoms with Gasteiger partial charge in [0.2, 0.25) is 0 Å². The molecule has 1 rings (SSSR count). The van der Waals surface area contributed by atoms with Crippen molar-refractivity contribution in [3.8, 4) is 5.75 Å². The van der Waals surface area contributed by atoms with Gasteiger partial charge in [0.1, 0.15) is 5.75 Å². The molecule has 0 bridgehead atoms. The van der Waals surface area contributed by atoms with E-state index in [0.29, 0.717) is 17.1 Å². The SMILES string of the molecule is CCNC(C)CCS(=O)(=O)c1cccc(OC)c1. The molecule has 0 heterocycles. The summed E-state index contributed by atoms with van der Waals surface area (Å²) in [6, 6.07) is 6.80. The second-order valence-electron chi connectivity index (χ2n) is 4.25. The van der Waals surface area contributed by atoms with Crippen LogP contribution in [0.25, 0.3) is 0 Å². The fourth-order valence-corrected chi connectivity index (χ4v) is 3.18. The molecule has 1 aromatic rings. The highest BCUT2D eigenvalue weighted by atomic mass is 32.2. The van der Waals surface area contributed by atoms with E-state index in [9.17, 15) is 8.42 Å². The van der Waals surface area contributed by atoms with E-state index in [0.717, 1.165) is 6.54 Å². The number of methoxy groups -OCH3 is 1. The first-order valence-electron chi connectivity index (χ1n) is 6.09. The summed E-state index contributed by atoms with van der Waals surface area (Å²) in [4.78, 5) is 0.325. The van der Waals surface area contributed by atoms with Crippen molar-refractivity contribution >= 4 is 9.84 Å². The molecule has 0 fully saturated rings. The molecule has 4 nitrogen and oxygen atoms in total. The van der Waals surface area contributed by atoms with Gasteiger partial charge in [-0.15, -0.1) is 0 Å². The summed E-state index contributed by atoms with van der Waals surface area (Å²) in [6.45, 7) is 4.85. The zero-order chi connectivity index (χ0) is 13.6. The van der Waals surface area contributed by atoms with Crippen molar-refractivity contribution < 1.29 is 13.2 Å². The summed E-state index contributed by atoms with van der Waals surface area (Å²) in [5.74, 6) is 0.713. The smallest absolute Gasteiger partial charge is 0.178 e. The van der Waals surface area contributed by atoms with Gasteiger partial charge >= 0.3 is 0 Å². The predicted molar refractivity (Wildman–Crippen MR) is 72.8 cm³/mol. The fraction of sp³-hybridized carbons (Fsp3) is 0.538. The zero-order valence-corrected chi connectivity index (χ0v) is 12.0. The second kappa shape index (κ2) is 6.75. The number of sulfone groups is 1. The molecule has 0 aromatic heterocycles. The van der Waals surface area contributed by atoms with Gasteiger partial charge in [0, 0.05) is 6.04 Å². The summed E-state index contributed by atoms with van der Waals surface area (Å²) in [5, 5.41) is 3.20. The largest absolute Gasteiger partial charge is 0.497 e. The first-order chi connectivity index (χ1) is 8.49. The third-order valence-electron chi connectivity index (χ3n) is 2.77. The first-order valence-corrected chi connectivity index (χ1v) is 7.75. The third kappa shape index (κ3) is 4.31. The van der Waals surface area contributed by atoms with E-state index < -0.39 is 9.84 Å². The second-order valence-corrected chi connectivity index (χ2v) is 6.35. The van der Waals surface area contributed by atoms with Crippen LogP contribution in [0, 0.1) is 0 Å². The molecule has 0 saturated heterocycles. The molecule has 0 spiro atoms. The van der Waals surface area contributed by atoms with Gasteiger partial charge in [-0.1, -0.05) is 13.0 Å². The summed E-state index contributed by atoms with van der Waals surface area (Å²) < 4.78 is 29.3. The van der Waals surface area contributed by atoms with Gasteiger partial charge in [-0.05, 0) is 38.1 Å². The van der Waals surface area contributed by atoms with Crippen LogP contribution in [0.1, 0.15) is 20.3 Å². The van der Waals surface area contributed by atoms with Crippen LogP contribution >= 0.6 is 0 Å². The third-order valence-corrected chi connectivity index (χ3v) is 4.52. The maximum absolute atomic E-state index is 12.1. The number of nitrogens with one attached hydrogen (secondary N) is 1. The summed E-state index contributed by atoms with van der Waals surface area (Å²) in [6.07, 6.45) is 0.605. The van der Waals surface area contributed by atoms with Crippen molar-refractivity contribution in [1.29, 1.82) is 0 Å². The van der Waals surface area contributed by atoms with Gasteiger partial charge in [0.25, 0.3) is 0 Å². The van der Waals surface area contributed by atoms with Crippen LogP contribution in [0.4, 0.5) is 0 Å². The summed E-state index contributed by atoms with van der Waals surface area (Å²) in [5.41, 5.74) is 0. The normalized spacial score (nSPS) is 13.3. The van der Waals surface area contributed by atoms with E-state index >= 15 is 0 Å². The predicted octanol–water partition coefficient (Wildman–Crippen LogP) is 1.86. The first kappa shape index (κ1) is 15.0. The Balaban J connectivity index is 2.73. The maximum atomic E-state index is 12.1. The van der Waals surface area contributed by atoms with Crippen LogP contribution in [-0.2, 0) is 9.84 Å². The van der Waals surface area contributed by atoms with Gasteiger partial charge in [0.05, 0.1) is 17.8 Å². The van der Waals surface area contributed by atoms with Crippen molar-refractivity contribution in [2.24, 2.45) is 0 Å². The summed E-state index contributed by atoms with van der Waals surface area (Å²) >= 11 is 0. The highest BCUT2D eigenvalue weighted by Crippen LogP contribution is 2.19. The van der Waals surface area contributed by atoms with Crippen molar-refractivity contribution in [2.75, 3.05) is 19.4 Å². The Morgan fingerprint density at radius 3 is 2.72 bits per heavy atom. The fourth-order valence-electron chi connectivity index (χ4n) is 1.69. The molecule has 1 atom stereocenters. The molecule has 0 saturated carbocycles. The van der Waals surface area contributed by atoms with Crippen LogP contribution in [0.15, 0.2) is 29.2 Å². The van der Waals surface area contributed by atoms with Gasteiger partial charge in [0.15, 0.2) is 9.84 Å². The minimum Gasteiger partial charge on any atom is -0.497 e. The molecule has 18 heavy (non-hydrogen) atoms. The van der Waals surface area contributed by atoms with E-state index in [2.05, 4.69) is 5.32 Å². The van der Waals surface area contributed by atoms with E-state index in [1.807, 2.05) is 13.8 Å². The Labute approximate surface area is 109 Å². The zero-order valence-electron chi connectivity index (χ0n) is 11.1. The molecule has 0 radical (unpaired) electrons. The van der Waals surface area contributed by atoms with Crippen LogP contribution in [0.3, 0.4) is 0 Å². The molecule has 1 N–H and O–H groups in total. The van der Waals surface area contributed by atoms with Gasteiger partial charge in [-0.25, -0.2) is 8.42 Å². The Kier molecular flexibility index (Phi) is 5.62. The lowest BCUT2D eigenvalue weighted by molar-refractivity contribution is 0.413. The lowest BCUT2D eigenvalue weighted by Crippen LogP contribution is -2.27. The molecule has 0 amide bonds. The standard InChI is InChI=1S/C13H21NO3S/c1-4-14-11(2)8-9-18(15,16)13-7-5-6-12(10-13)17-3/h5-7,10-11,14H,4,8-9H2,1-3H3. The van der Waals surface area contributed by atoms with Gasteiger partial charge in [-0.3, -0.25) is 0 Å². The molecule has 0 aliphatic heterocycles. The number of hydrogen-bond acceptors (Lipinski definition) is 4. The number of ether oxygens (including phenoxy) is 1. The molecule has 0 aliphatic carbocycles. The van der Waals surface area contributed by atoms with E-state index in [4.69, 9.17) is 4.74 Å². The van der Waals surface area contributed by atoms with E-state index in [1.54, 1.807) is 24.3 Å². The van der Waals surface area contributed by atoms with Crippen LogP contribution in [0.5, 0.6) is 5.75 Å². The Hall–Kier alpha value is -1.07. The molecule has 102 valence electrons. The monoisotopic (exact) mass is 271 g/mol. The van der Waals surface area contributed by atoms with Gasteiger partial charge in [-0.2, -0.15) is 0 Å². The lowest BCUT2D eigenvalue weighted by Gasteiger charge is -2.12. The van der Waals surface area contributed by atoms with Crippen molar-refractivity contribution in [2.45, 2.75) is 31.2 Å². The summed E-state index contributed by atoms with van der Waals surface area (Å²) in [7, 11) is -1.70. The number of benzene rings is 1. The van der Waals surface area contributed by atoms with Crippen molar-refractivity contribution in [3.63, 3.8) is 0 Å². The average molecular weight is 271 g/mol. The Morgan fingerprint density at radius 1 is 1.39 bits per heavy atom. The number of hydrogen-bond donors (Lipinski definition) is 1. The quantitative estimate of drug-likeness (QED) is 0.822. The van der Waals surface area contributed by atoms with E-state index in [1.165, 1.54) is 7.11 Å². The van der Waals surface area contributed by atoms with Crippen LogP contribution in [-0.4, -0.2) is 33.9 Å².